The first-order valence-electron chi connectivity index (χ1n) is 7.33. The molecule has 22 heavy (non-hydrogen) atoms. The van der Waals surface area contributed by atoms with Crippen LogP contribution in [0.1, 0.15) is 12.5 Å². The minimum absolute atomic E-state index is 0.556. The molecule has 5 heteroatoms. The summed E-state index contributed by atoms with van der Waals surface area (Å²) in [6, 6.07) is 10.7. The highest BCUT2D eigenvalue weighted by Gasteiger charge is 2.09. The number of oxazole rings is 1. The Hall–Kier alpha value is -2.82. The van der Waals surface area contributed by atoms with Gasteiger partial charge in [-0.05, 0) is 49.7 Å². The van der Waals surface area contributed by atoms with Crippen molar-refractivity contribution in [1.82, 2.24) is 14.4 Å². The standard InChI is InChI=1S/C17H16N4O/c1-3-18-17-20-13-9-12(4-5-15(13)22-17)14-10-21-7-6-11(2)8-16(21)19-14/h4-10H,3H2,1-2H3,(H,18,20). The fourth-order valence-electron chi connectivity index (χ4n) is 2.54. The number of rotatable bonds is 3. The number of hydrogen-bond donors (Lipinski definition) is 1. The number of pyridine rings is 1. The Kier molecular flexibility index (Phi) is 2.85. The van der Waals surface area contributed by atoms with Crippen molar-refractivity contribution < 1.29 is 4.42 Å². The van der Waals surface area contributed by atoms with Crippen LogP contribution in [0.4, 0.5) is 6.01 Å². The summed E-state index contributed by atoms with van der Waals surface area (Å²) in [5.41, 5.74) is 5.72. The van der Waals surface area contributed by atoms with E-state index in [-0.39, 0.29) is 0 Å². The zero-order valence-corrected chi connectivity index (χ0v) is 12.5. The van der Waals surface area contributed by atoms with Crippen molar-refractivity contribution in [3.8, 4) is 11.3 Å². The number of nitrogens with zero attached hydrogens (tertiary/aromatic N) is 3. The van der Waals surface area contributed by atoms with Gasteiger partial charge < -0.3 is 14.1 Å². The molecule has 1 N–H and O–H groups in total. The molecule has 0 aliphatic rings. The molecule has 0 saturated carbocycles. The van der Waals surface area contributed by atoms with E-state index in [2.05, 4.69) is 34.3 Å². The van der Waals surface area contributed by atoms with Gasteiger partial charge in [-0.2, -0.15) is 4.98 Å². The van der Waals surface area contributed by atoms with E-state index in [9.17, 15) is 0 Å². The van der Waals surface area contributed by atoms with Gasteiger partial charge in [0.05, 0.1) is 5.69 Å². The normalized spacial score (nSPS) is 11.4. The molecule has 3 heterocycles. The number of nitrogens with one attached hydrogen (secondary N) is 1. The van der Waals surface area contributed by atoms with Gasteiger partial charge in [-0.3, -0.25) is 0 Å². The number of aryl methyl sites for hydroxylation is 1. The fourth-order valence-corrected chi connectivity index (χ4v) is 2.54. The zero-order chi connectivity index (χ0) is 15.1. The smallest absolute Gasteiger partial charge is 0.295 e. The van der Waals surface area contributed by atoms with Crippen LogP contribution in [0.5, 0.6) is 0 Å². The van der Waals surface area contributed by atoms with E-state index < -0.39 is 0 Å². The van der Waals surface area contributed by atoms with Crippen LogP contribution in [0.3, 0.4) is 0 Å². The Morgan fingerprint density at radius 1 is 1.18 bits per heavy atom. The maximum Gasteiger partial charge on any atom is 0.295 e. The molecule has 110 valence electrons. The summed E-state index contributed by atoms with van der Waals surface area (Å²) in [5, 5.41) is 3.09. The summed E-state index contributed by atoms with van der Waals surface area (Å²) in [5.74, 6) is 0. The molecule has 4 rings (SSSR count). The molecule has 0 fully saturated rings. The third-order valence-electron chi connectivity index (χ3n) is 3.63. The van der Waals surface area contributed by atoms with Crippen LogP contribution in [0, 0.1) is 6.92 Å². The van der Waals surface area contributed by atoms with Crippen LogP contribution >= 0.6 is 0 Å². The van der Waals surface area contributed by atoms with E-state index in [1.54, 1.807) is 0 Å². The zero-order valence-electron chi connectivity index (χ0n) is 12.5. The van der Waals surface area contributed by atoms with Crippen LogP contribution in [0.15, 0.2) is 47.1 Å². The summed E-state index contributed by atoms with van der Waals surface area (Å²) in [6.07, 6.45) is 4.06. The molecule has 0 unspecified atom stereocenters. The molecule has 0 saturated heterocycles. The maximum atomic E-state index is 5.63. The lowest BCUT2D eigenvalue weighted by Gasteiger charge is -1.94. The molecular formula is C17H16N4O. The van der Waals surface area contributed by atoms with E-state index in [1.807, 2.05) is 41.9 Å². The predicted octanol–water partition coefficient (Wildman–Crippen LogP) is 3.88. The Morgan fingerprint density at radius 3 is 2.95 bits per heavy atom. The highest BCUT2D eigenvalue weighted by Crippen LogP contribution is 2.26. The number of fused-ring (bicyclic) bond motifs is 2. The summed E-state index contributed by atoms with van der Waals surface area (Å²) < 4.78 is 7.65. The van der Waals surface area contributed by atoms with Gasteiger partial charge >= 0.3 is 0 Å². The van der Waals surface area contributed by atoms with Gasteiger partial charge in [0.2, 0.25) is 0 Å². The number of anilines is 1. The molecule has 0 amide bonds. The average molecular weight is 292 g/mol. The van der Waals surface area contributed by atoms with Gasteiger partial charge in [0.15, 0.2) is 5.58 Å². The minimum atomic E-state index is 0.556. The molecule has 0 spiro atoms. The maximum absolute atomic E-state index is 5.63. The predicted molar refractivity (Wildman–Crippen MR) is 87.1 cm³/mol. The Labute approximate surface area is 127 Å². The van der Waals surface area contributed by atoms with Crippen molar-refractivity contribution >= 4 is 22.8 Å². The molecule has 5 nitrogen and oxygen atoms in total. The molecule has 1 aromatic carbocycles. The van der Waals surface area contributed by atoms with Crippen LogP contribution in [-0.2, 0) is 0 Å². The Bertz CT molecular complexity index is 967. The summed E-state index contributed by atoms with van der Waals surface area (Å²) >= 11 is 0. The lowest BCUT2D eigenvalue weighted by molar-refractivity contribution is 0.616. The Balaban J connectivity index is 1.81. The first kappa shape index (κ1) is 12.9. The third-order valence-corrected chi connectivity index (χ3v) is 3.63. The van der Waals surface area contributed by atoms with Crippen LogP contribution < -0.4 is 5.32 Å². The van der Waals surface area contributed by atoms with E-state index in [4.69, 9.17) is 4.42 Å². The average Bonchev–Trinajstić information content (AvgIpc) is 3.09. The SMILES string of the molecule is CCNc1nc2cc(-c3cn4ccc(C)cc4n3)ccc2o1. The van der Waals surface area contributed by atoms with Gasteiger partial charge in [0, 0.05) is 24.5 Å². The first-order valence-corrected chi connectivity index (χ1v) is 7.33. The second-order valence-corrected chi connectivity index (χ2v) is 5.33. The minimum Gasteiger partial charge on any atom is -0.424 e. The molecule has 0 radical (unpaired) electrons. The second kappa shape index (κ2) is 4.87. The topological polar surface area (TPSA) is 55.4 Å². The van der Waals surface area contributed by atoms with Crippen molar-refractivity contribution in [3.63, 3.8) is 0 Å². The van der Waals surface area contributed by atoms with E-state index in [0.717, 1.165) is 34.5 Å². The van der Waals surface area contributed by atoms with Crippen molar-refractivity contribution in [2.45, 2.75) is 13.8 Å². The van der Waals surface area contributed by atoms with Crippen molar-refractivity contribution in [2.75, 3.05) is 11.9 Å². The molecule has 0 bridgehead atoms. The van der Waals surface area contributed by atoms with Crippen LogP contribution in [-0.4, -0.2) is 20.9 Å². The Morgan fingerprint density at radius 2 is 2.09 bits per heavy atom. The van der Waals surface area contributed by atoms with Crippen molar-refractivity contribution in [2.24, 2.45) is 0 Å². The molecule has 0 aliphatic carbocycles. The van der Waals surface area contributed by atoms with E-state index in [0.29, 0.717) is 6.01 Å². The van der Waals surface area contributed by atoms with Crippen molar-refractivity contribution in [3.05, 3.63) is 48.3 Å². The largest absolute Gasteiger partial charge is 0.424 e. The summed E-state index contributed by atoms with van der Waals surface area (Å²) in [6.45, 7) is 4.86. The van der Waals surface area contributed by atoms with Gasteiger partial charge in [-0.1, -0.05) is 0 Å². The molecule has 3 aromatic heterocycles. The van der Waals surface area contributed by atoms with E-state index >= 15 is 0 Å². The quantitative estimate of drug-likeness (QED) is 0.622. The highest BCUT2D eigenvalue weighted by molar-refractivity contribution is 5.81. The van der Waals surface area contributed by atoms with Crippen LogP contribution in [0.25, 0.3) is 28.0 Å². The molecule has 0 aliphatic heterocycles. The number of benzene rings is 1. The molecule has 4 aromatic rings. The van der Waals surface area contributed by atoms with Gasteiger partial charge in [-0.25, -0.2) is 4.98 Å². The number of hydrogen-bond acceptors (Lipinski definition) is 4. The summed E-state index contributed by atoms with van der Waals surface area (Å²) in [4.78, 5) is 9.13. The molecular weight excluding hydrogens is 276 g/mol. The van der Waals surface area contributed by atoms with Gasteiger partial charge in [-0.15, -0.1) is 0 Å². The van der Waals surface area contributed by atoms with Gasteiger partial charge in [0.1, 0.15) is 11.2 Å². The van der Waals surface area contributed by atoms with Gasteiger partial charge in [0.25, 0.3) is 6.01 Å². The second-order valence-electron chi connectivity index (χ2n) is 5.33. The lowest BCUT2D eigenvalue weighted by Crippen LogP contribution is -1.95. The third kappa shape index (κ3) is 2.11. The first-order chi connectivity index (χ1) is 10.7. The summed E-state index contributed by atoms with van der Waals surface area (Å²) in [7, 11) is 0. The van der Waals surface area contributed by atoms with E-state index in [1.165, 1.54) is 5.56 Å². The van der Waals surface area contributed by atoms with Crippen molar-refractivity contribution in [1.29, 1.82) is 0 Å². The fraction of sp³-hybridized carbons (Fsp3) is 0.176. The number of aromatic nitrogens is 3. The highest BCUT2D eigenvalue weighted by atomic mass is 16.4. The van der Waals surface area contributed by atoms with Crippen LogP contribution in [0.2, 0.25) is 0 Å². The molecule has 0 atom stereocenters. The monoisotopic (exact) mass is 292 g/mol. The number of imidazole rings is 1. The lowest BCUT2D eigenvalue weighted by atomic mass is 10.1.